The van der Waals surface area contributed by atoms with E-state index in [-0.39, 0.29) is 28.0 Å². The van der Waals surface area contributed by atoms with Gasteiger partial charge in [0.05, 0.1) is 16.9 Å². The molecule has 2 heterocycles. The monoisotopic (exact) mass is 377 g/mol. The Morgan fingerprint density at radius 1 is 1.41 bits per heavy atom. The van der Waals surface area contributed by atoms with Gasteiger partial charge in [-0.2, -0.15) is 0 Å². The van der Waals surface area contributed by atoms with Crippen molar-refractivity contribution in [3.63, 3.8) is 0 Å². The Kier molecular flexibility index (Phi) is 4.75. The van der Waals surface area contributed by atoms with Crippen LogP contribution < -0.4 is 10.3 Å². The molecule has 3 rings (SSSR count). The third-order valence-corrected chi connectivity index (χ3v) is 4.43. The lowest BCUT2D eigenvalue weighted by Gasteiger charge is -2.20. The first-order valence-electron chi connectivity index (χ1n) is 8.64. The Morgan fingerprint density at radius 3 is 2.74 bits per heavy atom. The van der Waals surface area contributed by atoms with E-state index in [1.807, 2.05) is 27.0 Å². The van der Waals surface area contributed by atoms with Gasteiger partial charge in [-0.1, -0.05) is 20.8 Å². The number of aliphatic imine (C=N–C) groups is 1. The molecule has 8 heteroatoms. The van der Waals surface area contributed by atoms with Crippen LogP contribution in [0.5, 0.6) is 0 Å². The van der Waals surface area contributed by atoms with E-state index < -0.39 is 28.6 Å². The van der Waals surface area contributed by atoms with Crippen molar-refractivity contribution >= 4 is 28.8 Å². The molecule has 1 fully saturated rings. The second-order valence-electron chi connectivity index (χ2n) is 7.81. The predicted molar refractivity (Wildman–Crippen MR) is 100 cm³/mol. The molecule has 1 aromatic carbocycles. The molecule has 144 valence electrons. The number of nitrogens with zero attached hydrogens (tertiary/aromatic N) is 2. The lowest BCUT2D eigenvalue weighted by Crippen LogP contribution is -2.24. The largest absolute Gasteiger partial charge is 0.477 e. The SMILES string of the molecule is CC(C)(C)C=NC1CCN(c2c(F)cc3c(=O)c(C(=O)O)c[nH]c3c2F)C1. The van der Waals surface area contributed by atoms with Crippen LogP contribution in [0.1, 0.15) is 37.6 Å². The van der Waals surface area contributed by atoms with Crippen LogP contribution >= 0.6 is 0 Å². The van der Waals surface area contributed by atoms with E-state index in [1.54, 1.807) is 4.90 Å². The van der Waals surface area contributed by atoms with Crippen molar-refractivity contribution in [3.8, 4) is 0 Å². The van der Waals surface area contributed by atoms with E-state index in [9.17, 15) is 18.4 Å². The number of halogens is 2. The maximum Gasteiger partial charge on any atom is 0.341 e. The molecule has 1 saturated heterocycles. The van der Waals surface area contributed by atoms with Crippen LogP contribution in [0.25, 0.3) is 10.9 Å². The average molecular weight is 377 g/mol. The number of pyridine rings is 1. The number of carboxylic acid groups (broad SMARTS) is 1. The minimum Gasteiger partial charge on any atom is -0.477 e. The second kappa shape index (κ2) is 6.75. The molecule has 0 saturated carbocycles. The molecule has 1 atom stereocenters. The van der Waals surface area contributed by atoms with E-state index in [0.29, 0.717) is 19.5 Å². The van der Waals surface area contributed by atoms with Gasteiger partial charge in [0.2, 0.25) is 5.43 Å². The van der Waals surface area contributed by atoms with Crippen LogP contribution in [0.4, 0.5) is 14.5 Å². The van der Waals surface area contributed by atoms with Gasteiger partial charge in [0.15, 0.2) is 5.82 Å². The van der Waals surface area contributed by atoms with Crippen LogP contribution in [-0.2, 0) is 0 Å². The number of aromatic nitrogens is 1. The van der Waals surface area contributed by atoms with Gasteiger partial charge in [-0.25, -0.2) is 13.6 Å². The summed E-state index contributed by atoms with van der Waals surface area (Å²) in [6, 6.07) is 0.831. The number of benzene rings is 1. The van der Waals surface area contributed by atoms with Crippen molar-refractivity contribution in [2.75, 3.05) is 18.0 Å². The van der Waals surface area contributed by atoms with Crippen LogP contribution in [-0.4, -0.2) is 41.4 Å². The number of H-pyrrole nitrogens is 1. The number of fused-ring (bicyclic) bond motifs is 1. The fourth-order valence-corrected chi connectivity index (χ4v) is 3.13. The van der Waals surface area contributed by atoms with Crippen molar-refractivity contribution in [1.82, 2.24) is 4.98 Å². The zero-order chi connectivity index (χ0) is 19.9. The number of hydrogen-bond acceptors (Lipinski definition) is 4. The Bertz CT molecular complexity index is 992. The smallest absolute Gasteiger partial charge is 0.341 e. The van der Waals surface area contributed by atoms with Gasteiger partial charge >= 0.3 is 5.97 Å². The summed E-state index contributed by atoms with van der Waals surface area (Å²) in [5, 5.41) is 8.67. The van der Waals surface area contributed by atoms with Crippen molar-refractivity contribution in [1.29, 1.82) is 0 Å². The Balaban J connectivity index is 1.99. The van der Waals surface area contributed by atoms with E-state index in [1.165, 1.54) is 0 Å². The zero-order valence-corrected chi connectivity index (χ0v) is 15.3. The summed E-state index contributed by atoms with van der Waals surface area (Å²) in [7, 11) is 0. The van der Waals surface area contributed by atoms with Gasteiger partial charge in [0.1, 0.15) is 17.1 Å². The number of anilines is 1. The van der Waals surface area contributed by atoms with Crippen LogP contribution in [0.3, 0.4) is 0 Å². The number of aromatic carboxylic acids is 1. The van der Waals surface area contributed by atoms with Gasteiger partial charge in [-0.15, -0.1) is 0 Å². The molecular weight excluding hydrogens is 356 g/mol. The molecule has 27 heavy (non-hydrogen) atoms. The number of rotatable bonds is 3. The molecule has 6 nitrogen and oxygen atoms in total. The molecule has 1 aromatic heterocycles. The van der Waals surface area contributed by atoms with E-state index in [4.69, 9.17) is 5.11 Å². The fraction of sp³-hybridized carbons (Fsp3) is 0.421. The quantitative estimate of drug-likeness (QED) is 0.805. The molecule has 0 bridgehead atoms. The second-order valence-corrected chi connectivity index (χ2v) is 7.81. The first-order valence-corrected chi connectivity index (χ1v) is 8.64. The molecule has 1 aliphatic heterocycles. The molecule has 0 amide bonds. The van der Waals surface area contributed by atoms with E-state index in [0.717, 1.165) is 12.3 Å². The Hall–Kier alpha value is -2.77. The zero-order valence-electron chi connectivity index (χ0n) is 15.3. The fourth-order valence-electron chi connectivity index (χ4n) is 3.13. The van der Waals surface area contributed by atoms with Gasteiger partial charge in [-0.05, 0) is 17.9 Å². The highest BCUT2D eigenvalue weighted by Crippen LogP contribution is 2.31. The summed E-state index contributed by atoms with van der Waals surface area (Å²) in [4.78, 5) is 31.8. The molecule has 0 radical (unpaired) electrons. The summed E-state index contributed by atoms with van der Waals surface area (Å²) >= 11 is 0. The summed E-state index contributed by atoms with van der Waals surface area (Å²) in [5.74, 6) is -3.25. The number of aromatic amines is 1. The van der Waals surface area contributed by atoms with Gasteiger partial charge in [0.25, 0.3) is 0 Å². The van der Waals surface area contributed by atoms with Crippen molar-refractivity contribution in [2.45, 2.75) is 33.2 Å². The third-order valence-electron chi connectivity index (χ3n) is 4.43. The summed E-state index contributed by atoms with van der Waals surface area (Å²) in [5.41, 5.74) is -1.99. The molecular formula is C19H21F2N3O3. The molecule has 1 unspecified atom stereocenters. The first kappa shape index (κ1) is 19.0. The van der Waals surface area contributed by atoms with Crippen molar-refractivity contribution < 1.29 is 18.7 Å². The maximum atomic E-state index is 15.0. The highest BCUT2D eigenvalue weighted by molar-refractivity contribution is 5.93. The van der Waals surface area contributed by atoms with Crippen LogP contribution in [0.2, 0.25) is 0 Å². The van der Waals surface area contributed by atoms with Gasteiger partial charge in [0, 0.05) is 25.5 Å². The van der Waals surface area contributed by atoms with Gasteiger partial charge < -0.3 is 15.0 Å². The number of carbonyl (C=O) groups is 1. The van der Waals surface area contributed by atoms with Crippen LogP contribution in [0, 0.1) is 17.0 Å². The van der Waals surface area contributed by atoms with Crippen molar-refractivity contribution in [3.05, 3.63) is 39.7 Å². The Morgan fingerprint density at radius 2 is 2.11 bits per heavy atom. The predicted octanol–water partition coefficient (Wildman–Crippen LogP) is 3.20. The molecule has 0 spiro atoms. The first-order chi connectivity index (χ1) is 12.6. The standard InChI is InChI=1S/C19H21F2N3O3/c1-19(2,3)9-23-10-4-5-24(8-10)16-13(20)6-11-15(14(16)21)22-7-12(17(11)25)18(26)27/h6-7,9-10H,4-5,8H2,1-3H3,(H,22,25)(H,26,27). The molecule has 0 aliphatic carbocycles. The lowest BCUT2D eigenvalue weighted by molar-refractivity contribution is 0.0695. The number of nitrogens with one attached hydrogen (secondary N) is 1. The molecule has 1 aliphatic rings. The number of hydrogen-bond donors (Lipinski definition) is 2. The van der Waals surface area contributed by atoms with Crippen molar-refractivity contribution in [2.24, 2.45) is 10.4 Å². The third kappa shape index (κ3) is 3.70. The maximum absolute atomic E-state index is 15.0. The minimum atomic E-state index is -1.46. The summed E-state index contributed by atoms with van der Waals surface area (Å²) < 4.78 is 29.6. The van der Waals surface area contributed by atoms with E-state index >= 15 is 0 Å². The number of carboxylic acids is 1. The topological polar surface area (TPSA) is 85.8 Å². The summed E-state index contributed by atoms with van der Waals surface area (Å²) in [6.07, 6.45) is 3.44. The lowest BCUT2D eigenvalue weighted by atomic mass is 9.99. The Labute approximate surface area is 154 Å². The average Bonchev–Trinajstić information content (AvgIpc) is 3.02. The van der Waals surface area contributed by atoms with E-state index in [2.05, 4.69) is 9.98 Å². The minimum absolute atomic E-state index is 0.0628. The molecule has 2 N–H and O–H groups in total. The highest BCUT2D eigenvalue weighted by atomic mass is 19.1. The highest BCUT2D eigenvalue weighted by Gasteiger charge is 2.29. The molecule has 2 aromatic rings. The normalized spacial score (nSPS) is 18.0. The van der Waals surface area contributed by atoms with Gasteiger partial charge in [-0.3, -0.25) is 9.79 Å². The summed E-state index contributed by atoms with van der Waals surface area (Å²) in [6.45, 7) is 6.86. The van der Waals surface area contributed by atoms with Crippen LogP contribution in [0.15, 0.2) is 22.1 Å².